The molecule has 2 saturated heterocycles. The number of carbonyl (C=O) groups is 2. The minimum absolute atomic E-state index is 0.183. The molecular formula is C29H24ClN3O5S. The van der Waals surface area contributed by atoms with Gasteiger partial charge in [-0.2, -0.15) is 0 Å². The van der Waals surface area contributed by atoms with Gasteiger partial charge >= 0.3 is 4.87 Å². The van der Waals surface area contributed by atoms with Crippen molar-refractivity contribution >= 4 is 46.1 Å². The molecule has 2 aliphatic heterocycles. The van der Waals surface area contributed by atoms with Gasteiger partial charge in [-0.15, -0.1) is 0 Å². The van der Waals surface area contributed by atoms with E-state index in [1.807, 2.05) is 55.5 Å². The standard InChI is InChI=1S/C29H24ClN3O5S/c1-2-17-37-21-15-13-19(14-16-21)32-27(34)22-23(33(38-24(22)28(32)35)20-11-7-4-8-12-20)25-26(30)31(29(36)39-25)18-9-5-3-6-10-18/h3-16,22-24H,2,17H2,1H3/t22-,23+,24-/m0/s1. The van der Waals surface area contributed by atoms with Crippen LogP contribution in [0.5, 0.6) is 5.75 Å². The molecule has 0 bridgehead atoms. The minimum atomic E-state index is -1.07. The molecule has 3 atom stereocenters. The molecule has 6 rings (SSSR count). The van der Waals surface area contributed by atoms with E-state index in [2.05, 4.69) is 0 Å². The fourth-order valence-electron chi connectivity index (χ4n) is 5.00. The number of anilines is 2. The molecule has 0 saturated carbocycles. The van der Waals surface area contributed by atoms with E-state index in [9.17, 15) is 14.4 Å². The highest BCUT2D eigenvalue weighted by Gasteiger charge is 2.61. The Morgan fingerprint density at radius 1 is 0.846 bits per heavy atom. The normalized spacial score (nSPS) is 20.5. The number of para-hydroxylation sites is 2. The van der Waals surface area contributed by atoms with Gasteiger partial charge in [0.2, 0.25) is 5.91 Å². The first-order valence-electron chi connectivity index (χ1n) is 12.6. The SMILES string of the molecule is CCCOc1ccc(N2C(=O)[C@@H]3[C@H](ON(c4ccccc4)[C@H]3c3sc(=O)n(-c4ccccc4)c3Cl)C2=O)cc1. The van der Waals surface area contributed by atoms with Crippen molar-refractivity contribution in [1.29, 1.82) is 0 Å². The topological polar surface area (TPSA) is 81.1 Å². The summed E-state index contributed by atoms with van der Waals surface area (Å²) in [5, 5.41) is 1.72. The fraction of sp³-hybridized carbons (Fsp3) is 0.207. The van der Waals surface area contributed by atoms with Gasteiger partial charge in [0.25, 0.3) is 5.91 Å². The molecule has 2 fully saturated rings. The van der Waals surface area contributed by atoms with E-state index in [4.69, 9.17) is 21.2 Å². The second-order valence-corrected chi connectivity index (χ2v) is 10.6. The van der Waals surface area contributed by atoms with Crippen LogP contribution in [0.15, 0.2) is 89.7 Å². The third-order valence-corrected chi connectivity index (χ3v) is 8.25. The van der Waals surface area contributed by atoms with Crippen molar-refractivity contribution in [3.63, 3.8) is 0 Å². The Hall–Kier alpha value is -3.92. The van der Waals surface area contributed by atoms with Crippen LogP contribution in [-0.2, 0) is 14.4 Å². The zero-order valence-electron chi connectivity index (χ0n) is 20.9. The van der Waals surface area contributed by atoms with E-state index in [0.717, 1.165) is 22.7 Å². The molecule has 1 aromatic heterocycles. The Morgan fingerprint density at radius 2 is 1.49 bits per heavy atom. The maximum Gasteiger partial charge on any atom is 0.313 e. The molecular weight excluding hydrogens is 538 g/mol. The largest absolute Gasteiger partial charge is 0.494 e. The molecule has 2 amide bonds. The van der Waals surface area contributed by atoms with Crippen molar-refractivity contribution in [3.8, 4) is 11.4 Å². The summed E-state index contributed by atoms with van der Waals surface area (Å²) in [6.07, 6.45) is -0.206. The first-order chi connectivity index (χ1) is 19.0. The lowest BCUT2D eigenvalue weighted by atomic mass is 9.95. The monoisotopic (exact) mass is 561 g/mol. The number of imide groups is 1. The maximum atomic E-state index is 13.9. The van der Waals surface area contributed by atoms with Crippen molar-refractivity contribution in [2.45, 2.75) is 25.5 Å². The number of nitrogens with zero attached hydrogens (tertiary/aromatic N) is 3. The summed E-state index contributed by atoms with van der Waals surface area (Å²) in [5.74, 6) is -1.14. The quantitative estimate of drug-likeness (QED) is 0.281. The zero-order chi connectivity index (χ0) is 27.1. The average molecular weight is 562 g/mol. The third-order valence-electron chi connectivity index (χ3n) is 6.76. The van der Waals surface area contributed by atoms with Gasteiger partial charge in [-0.3, -0.25) is 23.8 Å². The fourth-order valence-corrected chi connectivity index (χ4v) is 6.46. The van der Waals surface area contributed by atoms with Crippen LogP contribution in [0.1, 0.15) is 24.3 Å². The number of rotatable bonds is 7. The van der Waals surface area contributed by atoms with Gasteiger partial charge in [0.15, 0.2) is 6.10 Å². The summed E-state index contributed by atoms with van der Waals surface area (Å²) >= 11 is 7.80. The highest BCUT2D eigenvalue weighted by atomic mass is 35.5. The van der Waals surface area contributed by atoms with Crippen LogP contribution in [-0.4, -0.2) is 29.1 Å². The van der Waals surface area contributed by atoms with E-state index in [1.54, 1.807) is 36.4 Å². The van der Waals surface area contributed by atoms with Gasteiger partial charge in [0.1, 0.15) is 22.9 Å². The van der Waals surface area contributed by atoms with Gasteiger partial charge in [0.05, 0.1) is 28.5 Å². The summed E-state index contributed by atoms with van der Waals surface area (Å²) in [4.78, 5) is 48.2. The summed E-state index contributed by atoms with van der Waals surface area (Å²) in [5.41, 5.74) is 1.68. The molecule has 0 N–H and O–H groups in total. The Labute approximate surface area is 233 Å². The lowest BCUT2D eigenvalue weighted by Crippen LogP contribution is -2.37. The molecule has 2 aliphatic rings. The third kappa shape index (κ3) is 4.32. The predicted octanol–water partition coefficient (Wildman–Crippen LogP) is 5.39. The second-order valence-electron chi connectivity index (χ2n) is 9.21. The van der Waals surface area contributed by atoms with E-state index < -0.39 is 29.9 Å². The minimum Gasteiger partial charge on any atom is -0.494 e. The van der Waals surface area contributed by atoms with Gasteiger partial charge in [-0.1, -0.05) is 66.3 Å². The number of fused-ring (bicyclic) bond motifs is 1. The molecule has 3 heterocycles. The second kappa shape index (κ2) is 10.3. The Balaban J connectivity index is 1.42. The maximum absolute atomic E-state index is 13.9. The molecule has 0 unspecified atom stereocenters. The first-order valence-corrected chi connectivity index (χ1v) is 13.8. The van der Waals surface area contributed by atoms with Crippen molar-refractivity contribution in [2.75, 3.05) is 16.6 Å². The number of hydrogen-bond acceptors (Lipinski definition) is 7. The van der Waals surface area contributed by atoms with E-state index in [-0.39, 0.29) is 10.0 Å². The Morgan fingerprint density at radius 3 is 2.13 bits per heavy atom. The molecule has 39 heavy (non-hydrogen) atoms. The number of benzene rings is 3. The number of carbonyl (C=O) groups excluding carboxylic acids is 2. The molecule has 3 aromatic carbocycles. The smallest absolute Gasteiger partial charge is 0.313 e. The number of hydroxylamine groups is 1. The van der Waals surface area contributed by atoms with Gasteiger partial charge in [-0.25, -0.2) is 9.96 Å². The molecule has 4 aromatic rings. The lowest BCUT2D eigenvalue weighted by molar-refractivity contribution is -0.126. The Bertz CT molecular complexity index is 1570. The number of halogens is 1. The van der Waals surface area contributed by atoms with Crippen molar-refractivity contribution in [1.82, 2.24) is 4.57 Å². The lowest BCUT2D eigenvalue weighted by Gasteiger charge is -2.28. The van der Waals surface area contributed by atoms with Crippen molar-refractivity contribution in [2.24, 2.45) is 5.92 Å². The van der Waals surface area contributed by atoms with Crippen molar-refractivity contribution in [3.05, 3.63) is 105 Å². The summed E-state index contributed by atoms with van der Waals surface area (Å²) < 4.78 is 7.05. The Kier molecular flexibility index (Phi) is 6.72. The summed E-state index contributed by atoms with van der Waals surface area (Å²) in [7, 11) is 0. The van der Waals surface area contributed by atoms with Gasteiger partial charge in [0, 0.05) is 0 Å². The molecule has 0 aliphatic carbocycles. The van der Waals surface area contributed by atoms with Crippen LogP contribution in [0.2, 0.25) is 5.15 Å². The zero-order valence-corrected chi connectivity index (χ0v) is 22.5. The number of aromatic nitrogens is 1. The van der Waals surface area contributed by atoms with E-state index in [0.29, 0.717) is 34.3 Å². The number of amides is 2. The average Bonchev–Trinajstić information content (AvgIpc) is 3.57. The molecule has 10 heteroatoms. The number of thiazole rings is 1. The van der Waals surface area contributed by atoms with Gasteiger partial charge < -0.3 is 4.74 Å². The molecule has 0 spiro atoms. The van der Waals surface area contributed by atoms with Crippen LogP contribution in [0.3, 0.4) is 0 Å². The van der Waals surface area contributed by atoms with Gasteiger partial charge in [-0.05, 0) is 55.0 Å². The van der Waals surface area contributed by atoms with Crippen LogP contribution >= 0.6 is 22.9 Å². The highest BCUT2D eigenvalue weighted by molar-refractivity contribution is 7.10. The highest BCUT2D eigenvalue weighted by Crippen LogP contribution is 2.50. The molecule has 8 nitrogen and oxygen atoms in total. The van der Waals surface area contributed by atoms with Crippen molar-refractivity contribution < 1.29 is 19.2 Å². The van der Waals surface area contributed by atoms with Crippen LogP contribution in [0.4, 0.5) is 11.4 Å². The summed E-state index contributed by atoms with van der Waals surface area (Å²) in [6, 6.07) is 24.3. The van der Waals surface area contributed by atoms with Crippen LogP contribution in [0.25, 0.3) is 5.69 Å². The van der Waals surface area contributed by atoms with Crippen LogP contribution in [0, 0.1) is 5.92 Å². The number of ether oxygens (including phenoxy) is 1. The van der Waals surface area contributed by atoms with E-state index in [1.165, 1.54) is 9.63 Å². The molecule has 0 radical (unpaired) electrons. The first kappa shape index (κ1) is 25.4. The van der Waals surface area contributed by atoms with E-state index >= 15 is 0 Å². The number of hydrogen-bond donors (Lipinski definition) is 0. The predicted molar refractivity (Wildman–Crippen MR) is 150 cm³/mol. The summed E-state index contributed by atoms with van der Waals surface area (Å²) in [6.45, 7) is 2.59. The van der Waals surface area contributed by atoms with Crippen LogP contribution < -0.4 is 19.6 Å². The molecule has 198 valence electrons.